The quantitative estimate of drug-likeness (QED) is 0.569. The fourth-order valence-electron chi connectivity index (χ4n) is 3.80. The molecule has 1 heterocycles. The largest absolute Gasteiger partial charge is 0.497 e. The number of nitrogens with zero attached hydrogens (tertiary/aromatic N) is 2. The maximum Gasteiger partial charge on any atom is 0.252 e. The lowest BCUT2D eigenvalue weighted by molar-refractivity contribution is -0.123. The summed E-state index contributed by atoms with van der Waals surface area (Å²) < 4.78 is 6.24. The number of amides is 2. The van der Waals surface area contributed by atoms with Gasteiger partial charge in [-0.3, -0.25) is 14.6 Å². The number of primary amides is 1. The summed E-state index contributed by atoms with van der Waals surface area (Å²) in [5.74, 6) is -0.171. The van der Waals surface area contributed by atoms with Crippen LogP contribution < -0.4 is 15.4 Å². The molecule has 32 heavy (non-hydrogen) atoms. The van der Waals surface area contributed by atoms with Gasteiger partial charge < -0.3 is 15.4 Å². The Morgan fingerprint density at radius 3 is 2.59 bits per heavy atom. The Hall–Kier alpha value is -3.45. The highest BCUT2D eigenvalue weighted by atomic mass is 79.9. The second-order valence-electron chi connectivity index (χ2n) is 7.47. The van der Waals surface area contributed by atoms with E-state index < -0.39 is 11.9 Å². The summed E-state index contributed by atoms with van der Waals surface area (Å²) in [6, 6.07) is 22.1. The summed E-state index contributed by atoms with van der Waals surface area (Å²) in [6.45, 7) is -0.223. The summed E-state index contributed by atoms with van der Waals surface area (Å²) in [7, 11) is 1.61. The minimum absolute atomic E-state index is 0.223. The average molecular weight is 492 g/mol. The van der Waals surface area contributed by atoms with Crippen molar-refractivity contribution in [2.75, 3.05) is 18.6 Å². The van der Waals surface area contributed by atoms with E-state index in [4.69, 9.17) is 15.5 Å². The second kappa shape index (κ2) is 9.36. The van der Waals surface area contributed by atoms with Crippen LogP contribution in [0.15, 0.2) is 82.3 Å². The highest BCUT2D eigenvalue weighted by Crippen LogP contribution is 2.32. The minimum Gasteiger partial charge on any atom is -0.497 e. The Morgan fingerprint density at radius 1 is 1.09 bits per heavy atom. The third kappa shape index (κ3) is 4.57. The number of aliphatic imine (C=N–C) groups is 1. The van der Waals surface area contributed by atoms with E-state index in [9.17, 15) is 9.59 Å². The highest BCUT2D eigenvalue weighted by Gasteiger charge is 2.33. The van der Waals surface area contributed by atoms with Gasteiger partial charge in [0.05, 0.1) is 18.5 Å². The van der Waals surface area contributed by atoms with Gasteiger partial charge in [-0.05, 0) is 35.9 Å². The fourth-order valence-corrected chi connectivity index (χ4v) is 4.16. The predicted molar refractivity (Wildman–Crippen MR) is 128 cm³/mol. The SMILES string of the molecule is COc1cccc(C2=N[C@@H](Cc3ccccc3)C(=O)N(CC(N)=O)c3ccc(Br)cc32)c1. The van der Waals surface area contributed by atoms with Crippen molar-refractivity contribution in [2.24, 2.45) is 10.7 Å². The van der Waals surface area contributed by atoms with Gasteiger partial charge in [0.25, 0.3) is 5.91 Å². The Morgan fingerprint density at radius 2 is 1.88 bits per heavy atom. The van der Waals surface area contributed by atoms with Gasteiger partial charge in [-0.15, -0.1) is 0 Å². The number of hydrogen-bond acceptors (Lipinski definition) is 4. The van der Waals surface area contributed by atoms with E-state index in [1.165, 1.54) is 4.90 Å². The number of carbonyl (C=O) groups is 2. The van der Waals surface area contributed by atoms with Gasteiger partial charge in [0.1, 0.15) is 18.3 Å². The zero-order valence-corrected chi connectivity index (χ0v) is 19.1. The van der Waals surface area contributed by atoms with Crippen LogP contribution in [0.5, 0.6) is 5.75 Å². The molecule has 0 saturated carbocycles. The van der Waals surface area contributed by atoms with Crippen molar-refractivity contribution in [1.29, 1.82) is 0 Å². The molecule has 0 unspecified atom stereocenters. The highest BCUT2D eigenvalue weighted by molar-refractivity contribution is 9.10. The van der Waals surface area contributed by atoms with Crippen LogP contribution in [-0.2, 0) is 16.0 Å². The van der Waals surface area contributed by atoms with Crippen molar-refractivity contribution in [1.82, 2.24) is 0 Å². The summed E-state index contributed by atoms with van der Waals surface area (Å²) in [4.78, 5) is 31.8. The smallest absolute Gasteiger partial charge is 0.252 e. The van der Waals surface area contributed by atoms with Gasteiger partial charge in [-0.2, -0.15) is 0 Å². The second-order valence-corrected chi connectivity index (χ2v) is 8.38. The normalized spacial score (nSPS) is 15.6. The van der Waals surface area contributed by atoms with Crippen LogP contribution in [0.1, 0.15) is 16.7 Å². The molecule has 3 aromatic carbocycles. The lowest BCUT2D eigenvalue weighted by atomic mass is 10.00. The first-order valence-corrected chi connectivity index (χ1v) is 10.9. The number of halogens is 1. The molecule has 162 valence electrons. The van der Waals surface area contributed by atoms with Gasteiger partial charge in [0.2, 0.25) is 5.91 Å². The number of rotatable bonds is 6. The Balaban J connectivity index is 1.92. The number of ether oxygens (including phenoxy) is 1. The molecule has 7 heteroatoms. The van der Waals surface area contributed by atoms with Crippen molar-refractivity contribution in [2.45, 2.75) is 12.5 Å². The van der Waals surface area contributed by atoms with Gasteiger partial charge in [0, 0.05) is 22.0 Å². The number of carbonyl (C=O) groups excluding carboxylic acids is 2. The molecule has 1 atom stereocenters. The third-order valence-electron chi connectivity index (χ3n) is 5.27. The van der Waals surface area contributed by atoms with Gasteiger partial charge >= 0.3 is 0 Å². The first-order chi connectivity index (χ1) is 15.5. The van der Waals surface area contributed by atoms with E-state index in [0.717, 1.165) is 21.2 Å². The maximum atomic E-state index is 13.6. The summed E-state index contributed by atoms with van der Waals surface area (Å²) in [5, 5.41) is 0. The Labute approximate surface area is 194 Å². The van der Waals surface area contributed by atoms with Crippen molar-refractivity contribution >= 4 is 39.1 Å². The van der Waals surface area contributed by atoms with Gasteiger partial charge in [-0.1, -0.05) is 58.4 Å². The zero-order chi connectivity index (χ0) is 22.7. The van der Waals surface area contributed by atoms with E-state index in [-0.39, 0.29) is 12.5 Å². The topological polar surface area (TPSA) is 85.0 Å². The molecule has 0 saturated heterocycles. The number of anilines is 1. The average Bonchev–Trinajstić information content (AvgIpc) is 2.90. The molecule has 3 aromatic rings. The molecular weight excluding hydrogens is 470 g/mol. The first kappa shape index (κ1) is 21.8. The van der Waals surface area contributed by atoms with Crippen LogP contribution >= 0.6 is 15.9 Å². The van der Waals surface area contributed by atoms with E-state index in [0.29, 0.717) is 23.6 Å². The molecule has 4 rings (SSSR count). The molecule has 0 bridgehead atoms. The molecule has 0 aromatic heterocycles. The van der Waals surface area contributed by atoms with Crippen LogP contribution in [0.4, 0.5) is 5.69 Å². The van der Waals surface area contributed by atoms with Gasteiger partial charge in [0.15, 0.2) is 0 Å². The van der Waals surface area contributed by atoms with Gasteiger partial charge in [-0.25, -0.2) is 0 Å². The van der Waals surface area contributed by atoms with Crippen LogP contribution in [0.3, 0.4) is 0 Å². The van der Waals surface area contributed by atoms with Crippen molar-refractivity contribution in [3.63, 3.8) is 0 Å². The van der Waals surface area contributed by atoms with E-state index in [1.54, 1.807) is 13.2 Å². The summed E-state index contributed by atoms with van der Waals surface area (Å²) >= 11 is 3.52. The van der Waals surface area contributed by atoms with Crippen molar-refractivity contribution in [3.05, 3.63) is 94.0 Å². The third-order valence-corrected chi connectivity index (χ3v) is 5.76. The maximum absolute atomic E-state index is 13.6. The van der Waals surface area contributed by atoms with Crippen molar-refractivity contribution < 1.29 is 14.3 Å². The number of benzodiazepines with no additional fused rings is 1. The molecule has 6 nitrogen and oxygen atoms in total. The molecule has 0 radical (unpaired) electrons. The molecule has 2 amide bonds. The lowest BCUT2D eigenvalue weighted by Gasteiger charge is -2.24. The van der Waals surface area contributed by atoms with Crippen molar-refractivity contribution in [3.8, 4) is 5.75 Å². The molecule has 0 aliphatic carbocycles. The lowest BCUT2D eigenvalue weighted by Crippen LogP contribution is -2.43. The van der Waals surface area contributed by atoms with E-state index >= 15 is 0 Å². The standard InChI is InChI=1S/C25H22BrN3O3/c1-32-19-9-5-8-17(13-19)24-20-14-18(26)10-11-22(20)29(15-23(27)30)25(31)21(28-24)12-16-6-3-2-4-7-16/h2-11,13-14,21H,12,15H2,1H3,(H2,27,30)/t21-/m0/s1. The zero-order valence-electron chi connectivity index (χ0n) is 17.5. The number of methoxy groups -OCH3 is 1. The molecule has 0 fully saturated rings. The van der Waals surface area contributed by atoms with E-state index in [1.807, 2.05) is 66.7 Å². The first-order valence-electron chi connectivity index (χ1n) is 10.1. The molecule has 2 N–H and O–H groups in total. The fraction of sp³-hybridized carbons (Fsp3) is 0.160. The van der Waals surface area contributed by atoms with Crippen LogP contribution in [0.25, 0.3) is 0 Å². The Bertz CT molecular complexity index is 1190. The Kier molecular flexibility index (Phi) is 6.37. The molecule has 1 aliphatic rings. The summed E-state index contributed by atoms with van der Waals surface area (Å²) in [5.41, 5.74) is 9.28. The monoisotopic (exact) mass is 491 g/mol. The molecular formula is C25H22BrN3O3. The number of nitrogens with two attached hydrogens (primary N) is 1. The minimum atomic E-state index is -0.718. The van der Waals surface area contributed by atoms with Crippen LogP contribution in [-0.4, -0.2) is 37.2 Å². The number of fused-ring (bicyclic) bond motifs is 1. The molecule has 0 spiro atoms. The predicted octanol–water partition coefficient (Wildman–Crippen LogP) is 3.74. The molecule has 1 aliphatic heterocycles. The van der Waals surface area contributed by atoms with E-state index in [2.05, 4.69) is 15.9 Å². The number of hydrogen-bond donors (Lipinski definition) is 1. The summed E-state index contributed by atoms with van der Waals surface area (Å²) in [6.07, 6.45) is 0.400. The van der Waals surface area contributed by atoms with Crippen LogP contribution in [0.2, 0.25) is 0 Å². The van der Waals surface area contributed by atoms with Crippen LogP contribution in [0, 0.1) is 0 Å². The number of benzene rings is 3.